The number of hydrogen-bond donors (Lipinski definition) is 0. The van der Waals surface area contributed by atoms with Crippen LogP contribution in [0.2, 0.25) is 0 Å². The SMILES string of the molecule is C[N+]1(C)CCCC(OC(=O)N(c2ccccc2)c2ccccc2)C1. The van der Waals surface area contributed by atoms with Gasteiger partial charge >= 0.3 is 6.09 Å². The highest BCUT2D eigenvalue weighted by Crippen LogP contribution is 2.27. The largest absolute Gasteiger partial charge is 0.440 e. The smallest absolute Gasteiger partial charge is 0.419 e. The standard InChI is InChI=1S/C20H25N2O2/c1-22(2)15-9-14-19(16-22)24-20(23)21(17-10-5-3-6-11-17)18-12-7-4-8-13-18/h3-8,10-13,19H,9,14-16H2,1-2H3/q+1. The molecule has 1 aliphatic rings. The summed E-state index contributed by atoms with van der Waals surface area (Å²) in [5.74, 6) is 0. The molecule has 1 saturated heterocycles. The number of ether oxygens (including phenoxy) is 1. The van der Waals surface area contributed by atoms with Crippen LogP contribution in [0.3, 0.4) is 0 Å². The first-order chi connectivity index (χ1) is 11.6. The Kier molecular flexibility index (Phi) is 4.86. The maximum absolute atomic E-state index is 12.9. The quantitative estimate of drug-likeness (QED) is 0.792. The molecule has 24 heavy (non-hydrogen) atoms. The summed E-state index contributed by atoms with van der Waals surface area (Å²) in [4.78, 5) is 14.6. The van der Waals surface area contributed by atoms with E-state index in [0.717, 1.165) is 41.8 Å². The lowest BCUT2D eigenvalue weighted by atomic mass is 10.1. The molecular weight excluding hydrogens is 300 g/mol. The van der Waals surface area contributed by atoms with Gasteiger partial charge < -0.3 is 9.22 Å². The van der Waals surface area contributed by atoms with Crippen LogP contribution in [0.25, 0.3) is 0 Å². The predicted octanol–water partition coefficient (Wildman–Crippen LogP) is 4.20. The third-order valence-corrected chi connectivity index (χ3v) is 4.47. The van der Waals surface area contributed by atoms with Gasteiger partial charge in [0.25, 0.3) is 0 Å². The highest BCUT2D eigenvalue weighted by molar-refractivity contribution is 5.96. The number of amides is 1. The van der Waals surface area contributed by atoms with Crippen molar-refractivity contribution in [3.63, 3.8) is 0 Å². The summed E-state index contributed by atoms with van der Waals surface area (Å²) in [7, 11) is 4.37. The molecule has 4 heteroatoms. The Hall–Kier alpha value is -2.33. The van der Waals surface area contributed by atoms with Gasteiger partial charge in [-0.2, -0.15) is 0 Å². The average molecular weight is 325 g/mol. The van der Waals surface area contributed by atoms with Crippen molar-refractivity contribution >= 4 is 17.5 Å². The minimum absolute atomic E-state index is 0.0313. The Morgan fingerprint density at radius 3 is 2.04 bits per heavy atom. The number of para-hydroxylation sites is 2. The fourth-order valence-corrected chi connectivity index (χ4v) is 3.29. The second kappa shape index (κ2) is 7.05. The van der Waals surface area contributed by atoms with E-state index in [4.69, 9.17) is 4.74 Å². The average Bonchev–Trinajstić information content (AvgIpc) is 2.56. The van der Waals surface area contributed by atoms with Crippen molar-refractivity contribution in [2.24, 2.45) is 0 Å². The van der Waals surface area contributed by atoms with Gasteiger partial charge in [0.2, 0.25) is 0 Å². The van der Waals surface area contributed by atoms with Crippen molar-refractivity contribution in [3.8, 4) is 0 Å². The Morgan fingerprint density at radius 2 is 1.54 bits per heavy atom. The van der Waals surface area contributed by atoms with E-state index >= 15 is 0 Å². The van der Waals surface area contributed by atoms with Crippen LogP contribution in [0.5, 0.6) is 0 Å². The Morgan fingerprint density at radius 1 is 1.00 bits per heavy atom. The maximum atomic E-state index is 12.9. The molecule has 0 aromatic heterocycles. The molecule has 4 nitrogen and oxygen atoms in total. The topological polar surface area (TPSA) is 29.5 Å². The summed E-state index contributed by atoms with van der Waals surface area (Å²) in [6.45, 7) is 2.00. The fourth-order valence-electron chi connectivity index (χ4n) is 3.29. The summed E-state index contributed by atoms with van der Waals surface area (Å²) < 4.78 is 6.77. The Balaban J connectivity index is 1.82. The van der Waals surface area contributed by atoms with E-state index in [-0.39, 0.29) is 12.2 Å². The maximum Gasteiger partial charge on any atom is 0.419 e. The number of carbonyl (C=O) groups is 1. The molecule has 0 bridgehead atoms. The molecule has 0 N–H and O–H groups in total. The monoisotopic (exact) mass is 325 g/mol. The third-order valence-electron chi connectivity index (χ3n) is 4.47. The van der Waals surface area contributed by atoms with Crippen molar-refractivity contribution in [3.05, 3.63) is 60.7 Å². The number of benzene rings is 2. The second-order valence-electron chi connectivity index (χ2n) is 7.00. The zero-order valence-electron chi connectivity index (χ0n) is 14.4. The summed E-state index contributed by atoms with van der Waals surface area (Å²) in [6, 6.07) is 19.3. The first-order valence-corrected chi connectivity index (χ1v) is 8.48. The molecule has 1 amide bonds. The van der Waals surface area contributed by atoms with E-state index in [0.29, 0.717) is 0 Å². The summed E-state index contributed by atoms with van der Waals surface area (Å²) in [5, 5.41) is 0. The highest BCUT2D eigenvalue weighted by atomic mass is 16.6. The normalized spacial score (nSPS) is 19.5. The lowest BCUT2D eigenvalue weighted by Gasteiger charge is -2.38. The molecule has 2 aromatic rings. The first-order valence-electron chi connectivity index (χ1n) is 8.48. The molecule has 1 fully saturated rings. The van der Waals surface area contributed by atoms with Crippen molar-refractivity contribution < 1.29 is 14.0 Å². The molecule has 3 rings (SSSR count). The molecule has 0 aliphatic carbocycles. The molecule has 2 aromatic carbocycles. The van der Waals surface area contributed by atoms with Crippen LogP contribution in [0.1, 0.15) is 12.8 Å². The van der Waals surface area contributed by atoms with E-state index in [1.165, 1.54) is 0 Å². The number of carbonyl (C=O) groups excluding carboxylic acids is 1. The molecule has 1 unspecified atom stereocenters. The van der Waals surface area contributed by atoms with E-state index in [9.17, 15) is 4.79 Å². The second-order valence-corrected chi connectivity index (χ2v) is 7.00. The molecule has 126 valence electrons. The molecule has 1 heterocycles. The summed E-state index contributed by atoms with van der Waals surface area (Å²) in [6.07, 6.45) is 1.68. The van der Waals surface area contributed by atoms with Crippen LogP contribution >= 0.6 is 0 Å². The number of nitrogens with zero attached hydrogens (tertiary/aromatic N) is 2. The van der Waals surface area contributed by atoms with Gasteiger partial charge in [0.05, 0.1) is 32.0 Å². The van der Waals surface area contributed by atoms with Gasteiger partial charge in [0.15, 0.2) is 6.10 Å². The van der Waals surface area contributed by atoms with Crippen LogP contribution < -0.4 is 4.90 Å². The van der Waals surface area contributed by atoms with Gasteiger partial charge in [-0.15, -0.1) is 0 Å². The number of likely N-dealkylation sites (tertiary alicyclic amines) is 1. The zero-order chi connectivity index (χ0) is 17.0. The molecule has 1 atom stereocenters. The van der Waals surface area contributed by atoms with Crippen LogP contribution in [0, 0.1) is 0 Å². The van der Waals surface area contributed by atoms with Crippen LogP contribution in [-0.4, -0.2) is 43.9 Å². The lowest BCUT2D eigenvalue weighted by Crippen LogP contribution is -2.51. The molecule has 0 saturated carbocycles. The van der Waals surface area contributed by atoms with E-state index in [1.54, 1.807) is 4.90 Å². The van der Waals surface area contributed by atoms with Crippen LogP contribution in [0.4, 0.5) is 16.2 Å². The van der Waals surface area contributed by atoms with Crippen LogP contribution in [-0.2, 0) is 4.74 Å². The molecule has 0 spiro atoms. The van der Waals surface area contributed by atoms with E-state index in [2.05, 4.69) is 14.1 Å². The van der Waals surface area contributed by atoms with E-state index in [1.807, 2.05) is 60.7 Å². The Bertz CT molecular complexity index is 631. The number of quaternary nitrogens is 1. The molecule has 0 radical (unpaired) electrons. The fraction of sp³-hybridized carbons (Fsp3) is 0.350. The van der Waals surface area contributed by atoms with Gasteiger partial charge in [-0.25, -0.2) is 9.69 Å². The predicted molar refractivity (Wildman–Crippen MR) is 96.4 cm³/mol. The van der Waals surface area contributed by atoms with E-state index < -0.39 is 0 Å². The van der Waals surface area contributed by atoms with Crippen molar-refractivity contribution in [2.75, 3.05) is 32.1 Å². The third kappa shape index (κ3) is 3.95. The van der Waals surface area contributed by atoms with Crippen molar-refractivity contribution in [1.82, 2.24) is 0 Å². The summed E-state index contributed by atoms with van der Waals surface area (Å²) >= 11 is 0. The van der Waals surface area contributed by atoms with Crippen LogP contribution in [0.15, 0.2) is 60.7 Å². The van der Waals surface area contributed by atoms with Crippen molar-refractivity contribution in [2.45, 2.75) is 18.9 Å². The van der Waals surface area contributed by atoms with Gasteiger partial charge in [0, 0.05) is 6.42 Å². The number of hydrogen-bond acceptors (Lipinski definition) is 2. The van der Waals surface area contributed by atoms with Gasteiger partial charge in [-0.1, -0.05) is 36.4 Å². The number of rotatable bonds is 3. The first kappa shape index (κ1) is 16.5. The molecular formula is C20H25N2O2+. The molecule has 1 aliphatic heterocycles. The number of anilines is 2. The minimum atomic E-state index is -0.306. The number of likely N-dealkylation sites (N-methyl/N-ethyl adjacent to an activating group) is 1. The Labute approximate surface area is 143 Å². The summed E-state index contributed by atoms with van der Waals surface area (Å²) in [5.41, 5.74) is 1.64. The van der Waals surface area contributed by atoms with Gasteiger partial charge in [-0.3, -0.25) is 0 Å². The highest BCUT2D eigenvalue weighted by Gasteiger charge is 2.31. The zero-order valence-corrected chi connectivity index (χ0v) is 14.4. The van der Waals surface area contributed by atoms with Crippen molar-refractivity contribution in [1.29, 1.82) is 0 Å². The lowest BCUT2D eigenvalue weighted by molar-refractivity contribution is -0.898. The van der Waals surface area contributed by atoms with Gasteiger partial charge in [0.1, 0.15) is 6.54 Å². The number of piperidine rings is 1. The van der Waals surface area contributed by atoms with Gasteiger partial charge in [-0.05, 0) is 30.7 Å². The minimum Gasteiger partial charge on any atom is -0.440 e.